The molecular formula is C5H7NS. The fraction of sp³-hybridized carbons (Fsp3) is 0.400. The maximum Gasteiger partial charge on any atom is 0.0872 e. The second-order valence-corrected chi connectivity index (χ2v) is 2.97. The maximum absolute atomic E-state index is 7.06. The van der Waals surface area contributed by atoms with Gasteiger partial charge in [-0.05, 0) is 13.0 Å². The Morgan fingerprint density at radius 2 is 2.57 bits per heavy atom. The van der Waals surface area contributed by atoms with Crippen LogP contribution in [-0.4, -0.2) is 10.3 Å². The highest BCUT2D eigenvalue weighted by Gasteiger charge is 2.06. The predicted octanol–water partition coefficient (Wildman–Crippen LogP) is 1.66. The van der Waals surface area contributed by atoms with Gasteiger partial charge in [0.2, 0.25) is 0 Å². The molecule has 0 saturated heterocycles. The first-order valence-electron chi connectivity index (χ1n) is 2.22. The zero-order chi connectivity index (χ0) is 5.28. The van der Waals surface area contributed by atoms with Crippen molar-refractivity contribution in [3.63, 3.8) is 0 Å². The molecular weight excluding hydrogens is 106 g/mol. The molecule has 0 amide bonds. The van der Waals surface area contributed by atoms with E-state index >= 15 is 0 Å². The second-order valence-electron chi connectivity index (χ2n) is 1.55. The van der Waals surface area contributed by atoms with E-state index < -0.39 is 0 Å². The molecule has 1 aliphatic rings. The Labute approximate surface area is 47.3 Å². The van der Waals surface area contributed by atoms with E-state index in [0.29, 0.717) is 10.3 Å². The van der Waals surface area contributed by atoms with Crippen molar-refractivity contribution < 1.29 is 0 Å². The molecule has 0 aromatic rings. The summed E-state index contributed by atoms with van der Waals surface area (Å²) >= 11 is 1.59. The molecule has 2 heteroatoms. The van der Waals surface area contributed by atoms with E-state index in [1.807, 2.05) is 12.2 Å². The molecule has 1 nitrogen and oxygen atoms in total. The van der Waals surface area contributed by atoms with Crippen molar-refractivity contribution in [2.75, 3.05) is 0 Å². The minimum absolute atomic E-state index is 0.535. The molecule has 0 fully saturated rings. The third kappa shape index (κ3) is 1.06. The van der Waals surface area contributed by atoms with E-state index in [9.17, 15) is 0 Å². The lowest BCUT2D eigenvalue weighted by Crippen LogP contribution is -1.82. The van der Waals surface area contributed by atoms with Crippen molar-refractivity contribution in [1.82, 2.24) is 0 Å². The first-order valence-corrected chi connectivity index (χ1v) is 3.10. The summed E-state index contributed by atoms with van der Waals surface area (Å²) in [6, 6.07) is 0. The van der Waals surface area contributed by atoms with Gasteiger partial charge in [0.25, 0.3) is 0 Å². The maximum atomic E-state index is 7.06. The standard InChI is InChI=1S/C5H7NS/c1-4-2-3-5(6)7-4/h2-4,6H,1H3. The lowest BCUT2D eigenvalue weighted by atomic mass is 10.4. The highest BCUT2D eigenvalue weighted by atomic mass is 32.2. The van der Waals surface area contributed by atoms with E-state index in [-0.39, 0.29) is 0 Å². The summed E-state index contributed by atoms with van der Waals surface area (Å²) in [7, 11) is 0. The lowest BCUT2D eigenvalue weighted by molar-refractivity contribution is 1.27. The van der Waals surface area contributed by atoms with Gasteiger partial charge in [-0.15, -0.1) is 0 Å². The van der Waals surface area contributed by atoms with Crippen LogP contribution in [-0.2, 0) is 0 Å². The molecule has 0 aromatic heterocycles. The lowest BCUT2D eigenvalue weighted by Gasteiger charge is -1.90. The quantitative estimate of drug-likeness (QED) is 0.507. The van der Waals surface area contributed by atoms with Crippen LogP contribution in [0.1, 0.15) is 6.92 Å². The van der Waals surface area contributed by atoms with Gasteiger partial charge in [-0.2, -0.15) is 0 Å². The van der Waals surface area contributed by atoms with Crippen molar-refractivity contribution in [2.24, 2.45) is 0 Å². The van der Waals surface area contributed by atoms with E-state index in [1.165, 1.54) is 0 Å². The Morgan fingerprint density at radius 1 is 1.86 bits per heavy atom. The van der Waals surface area contributed by atoms with Gasteiger partial charge in [0.15, 0.2) is 0 Å². The first kappa shape index (κ1) is 4.91. The zero-order valence-electron chi connectivity index (χ0n) is 4.14. The van der Waals surface area contributed by atoms with Crippen LogP contribution in [0.4, 0.5) is 0 Å². The van der Waals surface area contributed by atoms with Crippen molar-refractivity contribution in [2.45, 2.75) is 12.2 Å². The van der Waals surface area contributed by atoms with Gasteiger partial charge in [0.1, 0.15) is 0 Å². The van der Waals surface area contributed by atoms with Crippen molar-refractivity contribution in [3.05, 3.63) is 12.2 Å². The number of rotatable bonds is 0. The minimum Gasteiger partial charge on any atom is -0.294 e. The molecule has 0 bridgehead atoms. The highest BCUT2D eigenvalue weighted by molar-refractivity contribution is 8.15. The van der Waals surface area contributed by atoms with Gasteiger partial charge in [-0.3, -0.25) is 5.41 Å². The van der Waals surface area contributed by atoms with E-state index in [0.717, 1.165) is 0 Å². The van der Waals surface area contributed by atoms with Crippen LogP contribution < -0.4 is 0 Å². The second kappa shape index (κ2) is 1.70. The predicted molar refractivity (Wildman–Crippen MR) is 33.9 cm³/mol. The number of hydrogen-bond donors (Lipinski definition) is 1. The fourth-order valence-electron chi connectivity index (χ4n) is 0.502. The van der Waals surface area contributed by atoms with Crippen LogP contribution >= 0.6 is 11.8 Å². The van der Waals surface area contributed by atoms with E-state index in [2.05, 4.69) is 6.92 Å². The van der Waals surface area contributed by atoms with Crippen molar-refractivity contribution >= 4 is 16.8 Å². The van der Waals surface area contributed by atoms with E-state index in [4.69, 9.17) is 5.41 Å². The normalized spacial score (nSPS) is 29.3. The molecule has 1 heterocycles. The van der Waals surface area contributed by atoms with Gasteiger partial charge < -0.3 is 0 Å². The van der Waals surface area contributed by atoms with Gasteiger partial charge >= 0.3 is 0 Å². The van der Waals surface area contributed by atoms with Crippen LogP contribution in [0, 0.1) is 5.41 Å². The van der Waals surface area contributed by atoms with Crippen molar-refractivity contribution in [1.29, 1.82) is 5.41 Å². The fourth-order valence-corrected chi connectivity index (χ4v) is 1.22. The number of thioether (sulfide) groups is 1. The average molecular weight is 113 g/mol. The van der Waals surface area contributed by atoms with Gasteiger partial charge in [0.05, 0.1) is 5.04 Å². The summed E-state index contributed by atoms with van der Waals surface area (Å²) in [5.74, 6) is 0. The van der Waals surface area contributed by atoms with Crippen LogP contribution in [0.2, 0.25) is 0 Å². The molecule has 0 saturated carbocycles. The summed E-state index contributed by atoms with van der Waals surface area (Å²) in [5, 5.41) is 8.28. The zero-order valence-corrected chi connectivity index (χ0v) is 4.96. The van der Waals surface area contributed by atoms with Gasteiger partial charge in [0, 0.05) is 5.25 Å². The Morgan fingerprint density at radius 3 is 2.71 bits per heavy atom. The Bertz CT molecular complexity index is 117. The molecule has 0 spiro atoms. The highest BCUT2D eigenvalue weighted by Crippen LogP contribution is 2.19. The summed E-state index contributed by atoms with van der Waals surface area (Å²) < 4.78 is 0. The van der Waals surface area contributed by atoms with Gasteiger partial charge in [-0.25, -0.2) is 0 Å². The molecule has 1 N–H and O–H groups in total. The third-order valence-corrected chi connectivity index (χ3v) is 1.75. The van der Waals surface area contributed by atoms with Crippen LogP contribution in [0.5, 0.6) is 0 Å². The number of hydrogen-bond acceptors (Lipinski definition) is 2. The summed E-state index contributed by atoms with van der Waals surface area (Å²) in [6.45, 7) is 2.09. The number of nitrogens with one attached hydrogen (secondary N) is 1. The Hall–Kier alpha value is -0.240. The smallest absolute Gasteiger partial charge is 0.0872 e. The Kier molecular flexibility index (Phi) is 1.19. The average Bonchev–Trinajstić information content (AvgIpc) is 1.87. The topological polar surface area (TPSA) is 23.9 Å². The van der Waals surface area contributed by atoms with Crippen molar-refractivity contribution in [3.8, 4) is 0 Å². The molecule has 0 aliphatic carbocycles. The SMILES string of the molecule is CC1C=CC(=N)S1. The third-order valence-electron chi connectivity index (χ3n) is 0.831. The largest absolute Gasteiger partial charge is 0.294 e. The van der Waals surface area contributed by atoms with Crippen LogP contribution in [0.25, 0.3) is 0 Å². The van der Waals surface area contributed by atoms with Crippen LogP contribution in [0.3, 0.4) is 0 Å². The Balaban J connectivity index is 2.58. The first-order chi connectivity index (χ1) is 3.29. The molecule has 0 aromatic carbocycles. The summed E-state index contributed by atoms with van der Waals surface area (Å²) in [5.41, 5.74) is 0. The minimum atomic E-state index is 0.535. The molecule has 0 radical (unpaired) electrons. The van der Waals surface area contributed by atoms with Gasteiger partial charge in [-0.1, -0.05) is 17.8 Å². The molecule has 7 heavy (non-hydrogen) atoms. The summed E-state index contributed by atoms with van der Waals surface area (Å²) in [6.07, 6.45) is 3.88. The summed E-state index contributed by atoms with van der Waals surface area (Å²) in [4.78, 5) is 0. The molecule has 1 atom stereocenters. The molecule has 1 aliphatic heterocycles. The molecule has 1 unspecified atom stereocenters. The van der Waals surface area contributed by atoms with E-state index in [1.54, 1.807) is 11.8 Å². The molecule has 38 valence electrons. The van der Waals surface area contributed by atoms with Crippen LogP contribution in [0.15, 0.2) is 12.2 Å². The molecule has 1 rings (SSSR count). The monoisotopic (exact) mass is 113 g/mol.